The van der Waals surface area contributed by atoms with Crippen LogP contribution in [-0.2, 0) is 13.7 Å². The molecule has 0 radical (unpaired) electrons. The molecule has 0 bridgehead atoms. The van der Waals surface area contributed by atoms with E-state index in [-0.39, 0.29) is 12.2 Å². The molecule has 0 aliphatic heterocycles. The maximum atomic E-state index is 12.0. The van der Waals surface area contributed by atoms with E-state index < -0.39 is 0 Å². The first-order valence-electron chi connectivity index (χ1n) is 6.72. The van der Waals surface area contributed by atoms with E-state index in [1.807, 2.05) is 24.3 Å². The highest BCUT2D eigenvalue weighted by atomic mass is 35.5. The Morgan fingerprint density at radius 1 is 1.05 bits per heavy atom. The molecule has 3 rings (SSSR count). The number of fused-ring (bicyclic) bond motifs is 1. The molecule has 0 saturated carbocycles. The highest BCUT2D eigenvalue weighted by Gasteiger charge is 2.10. The molecule has 0 spiro atoms. The molecule has 0 saturated heterocycles. The third-order valence-corrected chi connectivity index (χ3v) is 4.26. The van der Waals surface area contributed by atoms with Crippen molar-refractivity contribution in [2.75, 3.05) is 0 Å². The van der Waals surface area contributed by atoms with Crippen LogP contribution in [0.25, 0.3) is 10.9 Å². The molecule has 0 N–H and O–H groups in total. The van der Waals surface area contributed by atoms with Crippen LogP contribution in [0.3, 0.4) is 0 Å². The number of aromatic nitrogens is 1. The zero-order valence-electron chi connectivity index (χ0n) is 11.8. The summed E-state index contributed by atoms with van der Waals surface area (Å²) in [5, 5.41) is 1.95. The van der Waals surface area contributed by atoms with Crippen LogP contribution in [0.1, 0.15) is 5.56 Å². The van der Waals surface area contributed by atoms with Gasteiger partial charge in [0.2, 0.25) is 0 Å². The topological polar surface area (TPSA) is 31.2 Å². The van der Waals surface area contributed by atoms with Crippen LogP contribution in [0.2, 0.25) is 10.0 Å². The fourth-order valence-electron chi connectivity index (χ4n) is 2.32. The zero-order valence-corrected chi connectivity index (χ0v) is 13.4. The monoisotopic (exact) mass is 333 g/mol. The van der Waals surface area contributed by atoms with Crippen molar-refractivity contribution in [1.82, 2.24) is 4.57 Å². The molecule has 2 aromatic carbocycles. The molecular weight excluding hydrogens is 321 g/mol. The SMILES string of the molecule is Cn1c(=O)cc(OCc2c(Cl)cccc2Cl)c2ccccc21. The molecule has 3 aromatic rings. The van der Waals surface area contributed by atoms with Crippen LogP contribution >= 0.6 is 23.2 Å². The fraction of sp³-hybridized carbons (Fsp3) is 0.118. The predicted molar refractivity (Wildman–Crippen MR) is 90.0 cm³/mol. The van der Waals surface area contributed by atoms with E-state index in [1.165, 1.54) is 6.07 Å². The van der Waals surface area contributed by atoms with E-state index in [0.717, 1.165) is 10.9 Å². The van der Waals surface area contributed by atoms with Gasteiger partial charge in [-0.15, -0.1) is 0 Å². The van der Waals surface area contributed by atoms with E-state index in [9.17, 15) is 4.79 Å². The average molecular weight is 334 g/mol. The maximum absolute atomic E-state index is 12.0. The molecule has 112 valence electrons. The Morgan fingerprint density at radius 2 is 1.73 bits per heavy atom. The minimum atomic E-state index is -0.126. The Morgan fingerprint density at radius 3 is 2.45 bits per heavy atom. The first-order valence-corrected chi connectivity index (χ1v) is 7.48. The molecular formula is C17H13Cl2NO2. The molecule has 0 atom stereocenters. The van der Waals surface area contributed by atoms with Crippen molar-refractivity contribution in [3.63, 3.8) is 0 Å². The van der Waals surface area contributed by atoms with E-state index >= 15 is 0 Å². The van der Waals surface area contributed by atoms with Gasteiger partial charge in [0.1, 0.15) is 12.4 Å². The number of halogens is 2. The lowest BCUT2D eigenvalue weighted by Crippen LogP contribution is -2.16. The summed E-state index contributed by atoms with van der Waals surface area (Å²) >= 11 is 12.3. The van der Waals surface area contributed by atoms with Crippen LogP contribution in [0.4, 0.5) is 0 Å². The van der Waals surface area contributed by atoms with Crippen LogP contribution in [0, 0.1) is 0 Å². The molecule has 0 aliphatic carbocycles. The van der Waals surface area contributed by atoms with Crippen molar-refractivity contribution in [2.24, 2.45) is 7.05 Å². The molecule has 5 heteroatoms. The zero-order chi connectivity index (χ0) is 15.7. The molecule has 22 heavy (non-hydrogen) atoms. The van der Waals surface area contributed by atoms with Crippen LogP contribution in [0.15, 0.2) is 53.3 Å². The van der Waals surface area contributed by atoms with Gasteiger partial charge >= 0.3 is 0 Å². The van der Waals surface area contributed by atoms with Gasteiger partial charge in [0.15, 0.2) is 0 Å². The Hall–Kier alpha value is -1.97. The number of hydrogen-bond donors (Lipinski definition) is 0. The van der Waals surface area contributed by atoms with E-state index in [4.69, 9.17) is 27.9 Å². The van der Waals surface area contributed by atoms with Crippen LogP contribution < -0.4 is 10.3 Å². The second-order valence-electron chi connectivity index (χ2n) is 4.91. The van der Waals surface area contributed by atoms with Gasteiger partial charge in [-0.3, -0.25) is 4.79 Å². The summed E-state index contributed by atoms with van der Waals surface area (Å²) in [4.78, 5) is 12.0. The van der Waals surface area contributed by atoms with Gasteiger partial charge in [-0.05, 0) is 24.3 Å². The number of ether oxygens (including phenoxy) is 1. The normalized spacial score (nSPS) is 10.9. The fourth-order valence-corrected chi connectivity index (χ4v) is 2.83. The van der Waals surface area contributed by atoms with Crippen molar-refractivity contribution in [1.29, 1.82) is 0 Å². The van der Waals surface area contributed by atoms with Gasteiger partial charge in [0.25, 0.3) is 5.56 Å². The van der Waals surface area contributed by atoms with E-state index in [2.05, 4.69) is 0 Å². The number of pyridine rings is 1. The molecule has 1 aromatic heterocycles. The quantitative estimate of drug-likeness (QED) is 0.710. The number of para-hydroxylation sites is 1. The van der Waals surface area contributed by atoms with E-state index in [0.29, 0.717) is 21.4 Å². The first-order chi connectivity index (χ1) is 10.6. The summed E-state index contributed by atoms with van der Waals surface area (Å²) in [6.45, 7) is 0.204. The Labute approximate surface area is 137 Å². The maximum Gasteiger partial charge on any atom is 0.254 e. The van der Waals surface area contributed by atoms with Crippen LogP contribution in [0.5, 0.6) is 5.75 Å². The van der Waals surface area contributed by atoms with Gasteiger partial charge in [-0.2, -0.15) is 0 Å². The minimum absolute atomic E-state index is 0.126. The van der Waals surface area contributed by atoms with Crippen molar-refractivity contribution in [3.05, 3.63) is 74.5 Å². The summed E-state index contributed by atoms with van der Waals surface area (Å²) in [5.74, 6) is 0.523. The lowest BCUT2D eigenvalue weighted by atomic mass is 10.2. The molecule has 0 fully saturated rings. The van der Waals surface area contributed by atoms with Gasteiger partial charge in [0, 0.05) is 34.1 Å². The third-order valence-electron chi connectivity index (χ3n) is 3.55. The summed E-state index contributed by atoms with van der Waals surface area (Å²) in [7, 11) is 1.74. The minimum Gasteiger partial charge on any atom is -0.488 e. The second kappa shape index (κ2) is 6.03. The van der Waals surface area contributed by atoms with Crippen molar-refractivity contribution < 1.29 is 4.74 Å². The third kappa shape index (κ3) is 2.70. The van der Waals surface area contributed by atoms with Gasteiger partial charge < -0.3 is 9.30 Å². The summed E-state index contributed by atoms with van der Waals surface area (Å²) in [6.07, 6.45) is 0. The Bertz CT molecular complexity index is 883. The van der Waals surface area contributed by atoms with Crippen molar-refractivity contribution in [3.8, 4) is 5.75 Å². The number of aryl methyl sites for hydroxylation is 1. The second-order valence-corrected chi connectivity index (χ2v) is 5.73. The Balaban J connectivity index is 2.02. The average Bonchev–Trinajstić information content (AvgIpc) is 2.51. The van der Waals surface area contributed by atoms with Gasteiger partial charge in [-0.1, -0.05) is 41.4 Å². The lowest BCUT2D eigenvalue weighted by molar-refractivity contribution is 0.309. The Kier molecular flexibility index (Phi) is 4.10. The predicted octanol–water partition coefficient (Wildman–Crippen LogP) is 4.42. The van der Waals surface area contributed by atoms with Crippen LogP contribution in [-0.4, -0.2) is 4.57 Å². The number of rotatable bonds is 3. The standard InChI is InChI=1S/C17H13Cl2NO2/c1-20-15-8-3-2-5-11(15)16(9-17(20)21)22-10-12-13(18)6-4-7-14(12)19/h2-9H,10H2,1H3. The molecule has 0 unspecified atom stereocenters. The molecule has 0 amide bonds. The first kappa shape index (κ1) is 14.9. The highest BCUT2D eigenvalue weighted by molar-refractivity contribution is 6.35. The van der Waals surface area contributed by atoms with Crippen molar-refractivity contribution >= 4 is 34.1 Å². The van der Waals surface area contributed by atoms with Gasteiger partial charge in [-0.25, -0.2) is 0 Å². The molecule has 0 aliphatic rings. The lowest BCUT2D eigenvalue weighted by Gasteiger charge is -2.13. The molecule has 3 nitrogen and oxygen atoms in total. The molecule has 1 heterocycles. The van der Waals surface area contributed by atoms with Gasteiger partial charge in [0.05, 0.1) is 5.52 Å². The van der Waals surface area contributed by atoms with Crippen molar-refractivity contribution in [2.45, 2.75) is 6.61 Å². The van der Waals surface area contributed by atoms with E-state index in [1.54, 1.807) is 29.8 Å². The highest BCUT2D eigenvalue weighted by Crippen LogP contribution is 2.28. The summed E-state index contributed by atoms with van der Waals surface area (Å²) in [6, 6.07) is 14.4. The number of nitrogens with zero attached hydrogens (tertiary/aromatic N) is 1. The number of hydrogen-bond acceptors (Lipinski definition) is 2. The smallest absolute Gasteiger partial charge is 0.254 e. The summed E-state index contributed by atoms with van der Waals surface area (Å²) in [5.41, 5.74) is 1.39. The largest absolute Gasteiger partial charge is 0.488 e. The number of benzene rings is 2. The summed E-state index contributed by atoms with van der Waals surface area (Å²) < 4.78 is 7.41.